The SMILES string of the molecule is COC(=O)CCCS(=O)(=O)Nc1cccc(F)c1C#N. The van der Waals surface area contributed by atoms with Crippen molar-refractivity contribution in [3.63, 3.8) is 0 Å². The topological polar surface area (TPSA) is 96.3 Å². The van der Waals surface area contributed by atoms with E-state index in [4.69, 9.17) is 5.26 Å². The number of nitriles is 1. The van der Waals surface area contributed by atoms with Crippen LogP contribution in [0, 0.1) is 17.1 Å². The molecule has 0 bridgehead atoms. The summed E-state index contributed by atoms with van der Waals surface area (Å²) in [5.74, 6) is -1.64. The van der Waals surface area contributed by atoms with Crippen molar-refractivity contribution >= 4 is 21.7 Å². The van der Waals surface area contributed by atoms with Crippen molar-refractivity contribution in [2.45, 2.75) is 12.8 Å². The van der Waals surface area contributed by atoms with Gasteiger partial charge < -0.3 is 4.74 Å². The van der Waals surface area contributed by atoms with Crippen molar-refractivity contribution in [3.05, 3.63) is 29.6 Å². The van der Waals surface area contributed by atoms with Gasteiger partial charge in [0.05, 0.1) is 18.6 Å². The number of sulfonamides is 1. The number of benzene rings is 1. The molecule has 0 aliphatic heterocycles. The Kier molecular flexibility index (Phi) is 5.46. The van der Waals surface area contributed by atoms with Crippen LogP contribution in [0.3, 0.4) is 0 Å². The fourth-order valence-electron chi connectivity index (χ4n) is 1.45. The second-order valence-corrected chi connectivity index (χ2v) is 5.72. The van der Waals surface area contributed by atoms with Crippen molar-refractivity contribution in [1.29, 1.82) is 5.26 Å². The summed E-state index contributed by atoms with van der Waals surface area (Å²) in [4.78, 5) is 10.9. The smallest absolute Gasteiger partial charge is 0.305 e. The molecule has 0 unspecified atom stereocenters. The average Bonchev–Trinajstić information content (AvgIpc) is 2.38. The molecule has 0 atom stereocenters. The van der Waals surface area contributed by atoms with Gasteiger partial charge in [-0.1, -0.05) is 6.07 Å². The maximum absolute atomic E-state index is 13.3. The molecule has 6 nitrogen and oxygen atoms in total. The van der Waals surface area contributed by atoms with Gasteiger partial charge in [0.1, 0.15) is 17.4 Å². The van der Waals surface area contributed by atoms with Gasteiger partial charge in [-0.05, 0) is 18.6 Å². The van der Waals surface area contributed by atoms with Crippen LogP contribution in [-0.2, 0) is 19.6 Å². The lowest BCUT2D eigenvalue weighted by Gasteiger charge is -2.09. The fourth-order valence-corrected chi connectivity index (χ4v) is 2.58. The number of nitrogens with zero attached hydrogens (tertiary/aromatic N) is 1. The number of hydrogen-bond donors (Lipinski definition) is 1. The van der Waals surface area contributed by atoms with Crippen LogP contribution >= 0.6 is 0 Å². The Morgan fingerprint density at radius 3 is 2.80 bits per heavy atom. The van der Waals surface area contributed by atoms with Crippen molar-refractivity contribution in [2.24, 2.45) is 0 Å². The first-order valence-electron chi connectivity index (χ1n) is 5.65. The predicted molar refractivity (Wildman–Crippen MR) is 69.8 cm³/mol. The van der Waals surface area contributed by atoms with Crippen LogP contribution in [-0.4, -0.2) is 27.2 Å². The van der Waals surface area contributed by atoms with Crippen LogP contribution in [0.1, 0.15) is 18.4 Å². The maximum atomic E-state index is 13.3. The van der Waals surface area contributed by atoms with Crippen LogP contribution in [0.15, 0.2) is 18.2 Å². The number of hydrogen-bond acceptors (Lipinski definition) is 5. The van der Waals surface area contributed by atoms with Gasteiger partial charge in [0.15, 0.2) is 0 Å². The number of ether oxygens (including phenoxy) is 1. The molecule has 0 heterocycles. The number of nitrogens with one attached hydrogen (secondary N) is 1. The average molecular weight is 300 g/mol. The van der Waals surface area contributed by atoms with Crippen LogP contribution in [0.4, 0.5) is 10.1 Å². The van der Waals surface area contributed by atoms with E-state index in [0.717, 1.165) is 6.07 Å². The van der Waals surface area contributed by atoms with E-state index < -0.39 is 21.8 Å². The third-order valence-electron chi connectivity index (χ3n) is 2.41. The van der Waals surface area contributed by atoms with Gasteiger partial charge in [-0.3, -0.25) is 9.52 Å². The van der Waals surface area contributed by atoms with Crippen LogP contribution in [0.5, 0.6) is 0 Å². The molecule has 108 valence electrons. The van der Waals surface area contributed by atoms with Crippen LogP contribution in [0.25, 0.3) is 0 Å². The molecule has 0 saturated heterocycles. The Labute approximate surface area is 116 Å². The Morgan fingerprint density at radius 2 is 2.20 bits per heavy atom. The molecule has 0 amide bonds. The minimum Gasteiger partial charge on any atom is -0.469 e. The van der Waals surface area contributed by atoms with Crippen LogP contribution < -0.4 is 4.72 Å². The second kappa shape index (κ2) is 6.86. The summed E-state index contributed by atoms with van der Waals surface area (Å²) < 4.78 is 43.3. The number of esters is 1. The van der Waals surface area contributed by atoms with Crippen molar-refractivity contribution in [1.82, 2.24) is 0 Å². The Balaban J connectivity index is 2.75. The Bertz CT molecular complexity index is 637. The summed E-state index contributed by atoms with van der Waals surface area (Å²) in [7, 11) is -2.55. The number of anilines is 1. The predicted octanol–water partition coefficient (Wildman–Crippen LogP) is 1.39. The molecule has 0 aliphatic rings. The molecule has 0 aliphatic carbocycles. The van der Waals surface area contributed by atoms with Gasteiger partial charge in [0.25, 0.3) is 0 Å². The largest absolute Gasteiger partial charge is 0.469 e. The summed E-state index contributed by atoms with van der Waals surface area (Å²) in [6, 6.07) is 5.24. The van der Waals surface area contributed by atoms with Gasteiger partial charge >= 0.3 is 5.97 Å². The quantitative estimate of drug-likeness (QED) is 0.801. The molecule has 1 rings (SSSR count). The molecule has 8 heteroatoms. The first-order valence-corrected chi connectivity index (χ1v) is 7.31. The van der Waals surface area contributed by atoms with Gasteiger partial charge in [-0.25, -0.2) is 12.8 Å². The molecule has 1 aromatic carbocycles. The number of carbonyl (C=O) groups is 1. The first kappa shape index (κ1) is 15.9. The molecule has 1 N–H and O–H groups in total. The third kappa shape index (κ3) is 4.51. The Hall–Kier alpha value is -2.14. The van der Waals surface area contributed by atoms with E-state index in [0.29, 0.717) is 0 Å². The van der Waals surface area contributed by atoms with Gasteiger partial charge in [0.2, 0.25) is 10.0 Å². The zero-order valence-corrected chi connectivity index (χ0v) is 11.5. The number of carbonyl (C=O) groups excluding carboxylic acids is 1. The minimum atomic E-state index is -3.76. The first-order chi connectivity index (χ1) is 9.39. The monoisotopic (exact) mass is 300 g/mol. The summed E-state index contributed by atoms with van der Waals surface area (Å²) in [6.07, 6.45) is 0.0326. The van der Waals surface area contributed by atoms with E-state index in [2.05, 4.69) is 9.46 Å². The molecule has 0 fully saturated rings. The maximum Gasteiger partial charge on any atom is 0.305 e. The Morgan fingerprint density at radius 1 is 1.50 bits per heavy atom. The second-order valence-electron chi connectivity index (χ2n) is 3.87. The molecule has 1 aromatic rings. The van der Waals surface area contributed by atoms with E-state index in [-0.39, 0.29) is 29.8 Å². The minimum absolute atomic E-state index is 0.0360. The van der Waals surface area contributed by atoms with E-state index in [9.17, 15) is 17.6 Å². The zero-order valence-electron chi connectivity index (χ0n) is 10.7. The van der Waals surface area contributed by atoms with Crippen LogP contribution in [0.2, 0.25) is 0 Å². The summed E-state index contributed by atoms with van der Waals surface area (Å²) >= 11 is 0. The highest BCUT2D eigenvalue weighted by Crippen LogP contribution is 2.19. The summed E-state index contributed by atoms with van der Waals surface area (Å²) in [5.41, 5.74) is -0.491. The molecule has 20 heavy (non-hydrogen) atoms. The van der Waals surface area contributed by atoms with Gasteiger partial charge in [0, 0.05) is 6.42 Å². The normalized spacial score (nSPS) is 10.7. The highest BCUT2D eigenvalue weighted by atomic mass is 32.2. The fraction of sp³-hybridized carbons (Fsp3) is 0.333. The van der Waals surface area contributed by atoms with Crippen molar-refractivity contribution in [3.8, 4) is 6.07 Å². The molecule has 0 aromatic heterocycles. The number of methoxy groups -OCH3 is 1. The van der Waals surface area contributed by atoms with Gasteiger partial charge in [-0.2, -0.15) is 5.26 Å². The third-order valence-corrected chi connectivity index (χ3v) is 3.77. The zero-order chi connectivity index (χ0) is 15.2. The summed E-state index contributed by atoms with van der Waals surface area (Å²) in [5, 5.41) is 8.79. The highest BCUT2D eigenvalue weighted by Gasteiger charge is 2.15. The molecule has 0 radical (unpaired) electrons. The molecular weight excluding hydrogens is 287 g/mol. The number of halogens is 1. The number of rotatable bonds is 6. The molecule has 0 spiro atoms. The summed E-state index contributed by atoms with van der Waals surface area (Å²) in [6.45, 7) is 0. The lowest BCUT2D eigenvalue weighted by Crippen LogP contribution is -2.18. The van der Waals surface area contributed by atoms with E-state index in [1.54, 1.807) is 6.07 Å². The van der Waals surface area contributed by atoms with E-state index in [1.807, 2.05) is 0 Å². The lowest BCUT2D eigenvalue weighted by molar-refractivity contribution is -0.140. The molecular formula is C12H13FN2O4S. The van der Waals surface area contributed by atoms with Crippen molar-refractivity contribution < 1.29 is 22.3 Å². The van der Waals surface area contributed by atoms with E-state index >= 15 is 0 Å². The highest BCUT2D eigenvalue weighted by molar-refractivity contribution is 7.92. The lowest BCUT2D eigenvalue weighted by atomic mass is 10.2. The van der Waals surface area contributed by atoms with E-state index in [1.165, 1.54) is 19.2 Å². The van der Waals surface area contributed by atoms with Gasteiger partial charge in [-0.15, -0.1) is 0 Å². The van der Waals surface area contributed by atoms with Crippen molar-refractivity contribution in [2.75, 3.05) is 17.6 Å². The standard InChI is InChI=1S/C12H13FN2O4S/c1-19-12(16)6-3-7-20(17,18)15-11-5-2-4-10(13)9(11)8-14/h2,4-5,15H,3,6-7H2,1H3. The molecule has 0 saturated carbocycles.